The lowest BCUT2D eigenvalue weighted by Gasteiger charge is -2.37. The van der Waals surface area contributed by atoms with Crippen LogP contribution in [0.2, 0.25) is 0 Å². The minimum atomic E-state index is -0.504. The topological polar surface area (TPSA) is 26.0 Å². The van der Waals surface area contributed by atoms with Gasteiger partial charge in [0.15, 0.2) is 0 Å². The van der Waals surface area contributed by atoms with Crippen molar-refractivity contribution in [3.05, 3.63) is 34.9 Å². The van der Waals surface area contributed by atoms with Crippen LogP contribution in [-0.2, 0) is 0 Å². The van der Waals surface area contributed by atoms with Gasteiger partial charge in [0.25, 0.3) is 0 Å². The standard InChI is InChI=1S/C17H25F2N/c1-11(2)10-17(6-4-5-7-17)16(20)13-8-12(3)14(18)9-15(13)19/h8-9,11,16H,4-7,10,20H2,1-3H3. The largest absolute Gasteiger partial charge is 0.323 e. The maximum atomic E-state index is 14.1. The Bertz CT molecular complexity index is 476. The Balaban J connectivity index is 2.37. The van der Waals surface area contributed by atoms with Crippen LogP contribution >= 0.6 is 0 Å². The number of hydrogen-bond donors (Lipinski definition) is 1. The van der Waals surface area contributed by atoms with Crippen molar-refractivity contribution in [2.45, 2.75) is 58.9 Å². The van der Waals surface area contributed by atoms with Gasteiger partial charge in [-0.25, -0.2) is 8.78 Å². The van der Waals surface area contributed by atoms with E-state index in [0.29, 0.717) is 17.0 Å². The van der Waals surface area contributed by atoms with Gasteiger partial charge in [0, 0.05) is 17.7 Å². The van der Waals surface area contributed by atoms with Crippen LogP contribution in [0.15, 0.2) is 12.1 Å². The van der Waals surface area contributed by atoms with Gasteiger partial charge in [-0.1, -0.05) is 26.7 Å². The van der Waals surface area contributed by atoms with Crippen LogP contribution in [0, 0.1) is 29.9 Å². The SMILES string of the molecule is Cc1cc(C(N)C2(CC(C)C)CCCC2)c(F)cc1F. The first kappa shape index (κ1) is 15.4. The van der Waals surface area contributed by atoms with Crippen molar-refractivity contribution in [2.24, 2.45) is 17.1 Å². The third-order valence-corrected chi connectivity index (χ3v) is 4.69. The summed E-state index contributed by atoms with van der Waals surface area (Å²) in [5, 5.41) is 0. The fourth-order valence-electron chi connectivity index (χ4n) is 3.78. The molecular weight excluding hydrogens is 256 g/mol. The summed E-state index contributed by atoms with van der Waals surface area (Å²) in [6.07, 6.45) is 5.40. The third kappa shape index (κ3) is 2.88. The summed E-state index contributed by atoms with van der Waals surface area (Å²) in [6.45, 7) is 6.02. The summed E-state index contributed by atoms with van der Waals surface area (Å²) in [5.41, 5.74) is 7.36. The van der Waals surface area contributed by atoms with Crippen molar-refractivity contribution in [1.82, 2.24) is 0 Å². The molecule has 1 atom stereocenters. The van der Waals surface area contributed by atoms with Crippen molar-refractivity contribution in [3.63, 3.8) is 0 Å². The van der Waals surface area contributed by atoms with Gasteiger partial charge in [-0.3, -0.25) is 0 Å². The number of nitrogens with two attached hydrogens (primary N) is 1. The molecule has 0 aliphatic heterocycles. The van der Waals surface area contributed by atoms with Crippen LogP contribution in [0.4, 0.5) is 8.78 Å². The lowest BCUT2D eigenvalue weighted by molar-refractivity contribution is 0.180. The predicted molar refractivity (Wildman–Crippen MR) is 78.4 cm³/mol. The summed E-state index contributed by atoms with van der Waals surface area (Å²) < 4.78 is 27.5. The minimum Gasteiger partial charge on any atom is -0.323 e. The molecule has 2 N–H and O–H groups in total. The van der Waals surface area contributed by atoms with E-state index >= 15 is 0 Å². The molecule has 0 heterocycles. The number of hydrogen-bond acceptors (Lipinski definition) is 1. The van der Waals surface area contributed by atoms with Crippen molar-refractivity contribution in [3.8, 4) is 0 Å². The van der Waals surface area contributed by atoms with Gasteiger partial charge in [0.05, 0.1) is 0 Å². The Morgan fingerprint density at radius 3 is 2.30 bits per heavy atom. The Morgan fingerprint density at radius 2 is 1.75 bits per heavy atom. The van der Waals surface area contributed by atoms with Crippen molar-refractivity contribution < 1.29 is 8.78 Å². The Labute approximate surface area is 120 Å². The molecule has 0 spiro atoms. The zero-order chi connectivity index (χ0) is 14.9. The van der Waals surface area contributed by atoms with E-state index in [1.54, 1.807) is 13.0 Å². The van der Waals surface area contributed by atoms with Gasteiger partial charge >= 0.3 is 0 Å². The highest BCUT2D eigenvalue weighted by Crippen LogP contribution is 2.51. The second-order valence-electron chi connectivity index (χ2n) is 6.77. The first-order valence-electron chi connectivity index (χ1n) is 7.57. The molecule has 1 fully saturated rings. The van der Waals surface area contributed by atoms with E-state index in [9.17, 15) is 8.78 Å². The van der Waals surface area contributed by atoms with Gasteiger partial charge in [0.2, 0.25) is 0 Å². The van der Waals surface area contributed by atoms with Gasteiger partial charge in [-0.15, -0.1) is 0 Å². The number of halogens is 2. The summed E-state index contributed by atoms with van der Waals surface area (Å²) in [5.74, 6) is -0.470. The van der Waals surface area contributed by atoms with Crippen LogP contribution in [0.3, 0.4) is 0 Å². The van der Waals surface area contributed by atoms with E-state index in [0.717, 1.165) is 38.2 Å². The van der Waals surface area contributed by atoms with Gasteiger partial charge in [-0.2, -0.15) is 0 Å². The molecule has 1 saturated carbocycles. The average Bonchev–Trinajstić information content (AvgIpc) is 2.81. The number of aryl methyl sites for hydroxylation is 1. The second kappa shape index (κ2) is 5.80. The van der Waals surface area contributed by atoms with Gasteiger partial charge in [-0.05, 0) is 49.1 Å². The van der Waals surface area contributed by atoms with E-state index in [-0.39, 0.29) is 11.5 Å². The molecule has 112 valence electrons. The van der Waals surface area contributed by atoms with E-state index in [1.807, 2.05) is 0 Å². The molecular formula is C17H25F2N. The molecule has 1 aromatic rings. The highest BCUT2D eigenvalue weighted by Gasteiger charge is 2.41. The van der Waals surface area contributed by atoms with E-state index < -0.39 is 11.6 Å². The van der Waals surface area contributed by atoms with Crippen molar-refractivity contribution in [1.29, 1.82) is 0 Å². The summed E-state index contributed by atoms with van der Waals surface area (Å²) in [6, 6.07) is 2.23. The normalized spacial score (nSPS) is 19.6. The third-order valence-electron chi connectivity index (χ3n) is 4.69. The van der Waals surface area contributed by atoms with Gasteiger partial charge in [0.1, 0.15) is 11.6 Å². The van der Waals surface area contributed by atoms with Crippen molar-refractivity contribution in [2.75, 3.05) is 0 Å². The van der Waals surface area contributed by atoms with E-state index in [4.69, 9.17) is 5.73 Å². The Kier molecular flexibility index (Phi) is 4.48. The molecule has 0 radical (unpaired) electrons. The molecule has 0 bridgehead atoms. The Morgan fingerprint density at radius 1 is 1.15 bits per heavy atom. The predicted octanol–water partition coefficient (Wildman–Crippen LogP) is 4.88. The molecule has 0 aromatic heterocycles. The molecule has 1 nitrogen and oxygen atoms in total. The van der Waals surface area contributed by atoms with Crippen LogP contribution < -0.4 is 5.73 Å². The first-order valence-corrected chi connectivity index (χ1v) is 7.57. The quantitative estimate of drug-likeness (QED) is 0.836. The molecule has 20 heavy (non-hydrogen) atoms. The van der Waals surface area contributed by atoms with Gasteiger partial charge < -0.3 is 5.73 Å². The maximum Gasteiger partial charge on any atom is 0.130 e. The molecule has 1 aliphatic rings. The van der Waals surface area contributed by atoms with Crippen LogP contribution in [0.25, 0.3) is 0 Å². The zero-order valence-corrected chi connectivity index (χ0v) is 12.7. The van der Waals surface area contributed by atoms with E-state index in [1.165, 1.54) is 0 Å². The molecule has 0 amide bonds. The highest BCUT2D eigenvalue weighted by molar-refractivity contribution is 5.29. The minimum absolute atomic E-state index is 0.0285. The lowest BCUT2D eigenvalue weighted by Crippen LogP contribution is -2.34. The zero-order valence-electron chi connectivity index (χ0n) is 12.7. The summed E-state index contributed by atoms with van der Waals surface area (Å²) in [7, 11) is 0. The summed E-state index contributed by atoms with van der Waals surface area (Å²) >= 11 is 0. The average molecular weight is 281 g/mol. The van der Waals surface area contributed by atoms with E-state index in [2.05, 4.69) is 13.8 Å². The molecule has 2 rings (SSSR count). The van der Waals surface area contributed by atoms with Crippen LogP contribution in [-0.4, -0.2) is 0 Å². The second-order valence-corrected chi connectivity index (χ2v) is 6.77. The molecule has 3 heteroatoms. The monoisotopic (exact) mass is 281 g/mol. The highest BCUT2D eigenvalue weighted by atomic mass is 19.1. The summed E-state index contributed by atoms with van der Waals surface area (Å²) in [4.78, 5) is 0. The smallest absolute Gasteiger partial charge is 0.130 e. The number of benzene rings is 1. The maximum absolute atomic E-state index is 14.1. The fraction of sp³-hybridized carbons (Fsp3) is 0.647. The number of rotatable bonds is 4. The lowest BCUT2D eigenvalue weighted by atomic mass is 9.70. The Hall–Kier alpha value is -0.960. The first-order chi connectivity index (χ1) is 9.35. The van der Waals surface area contributed by atoms with Crippen LogP contribution in [0.1, 0.15) is 63.1 Å². The molecule has 1 unspecified atom stereocenters. The van der Waals surface area contributed by atoms with Crippen molar-refractivity contribution >= 4 is 0 Å². The van der Waals surface area contributed by atoms with Crippen LogP contribution in [0.5, 0.6) is 0 Å². The molecule has 1 aromatic carbocycles. The fourth-order valence-corrected chi connectivity index (χ4v) is 3.78. The molecule has 0 saturated heterocycles. The molecule has 1 aliphatic carbocycles.